The van der Waals surface area contributed by atoms with Crippen LogP contribution in [0.2, 0.25) is 0 Å². The molecular formula is C63H110NO8P. The lowest BCUT2D eigenvalue weighted by atomic mass is 10.0. The molecule has 0 aliphatic heterocycles. The van der Waals surface area contributed by atoms with Crippen molar-refractivity contribution in [3.8, 4) is 0 Å². The van der Waals surface area contributed by atoms with Crippen LogP contribution < -0.4 is 4.89 Å². The van der Waals surface area contributed by atoms with Crippen LogP contribution in [-0.2, 0) is 32.7 Å². The molecule has 0 aromatic heterocycles. The molecule has 73 heavy (non-hydrogen) atoms. The fourth-order valence-electron chi connectivity index (χ4n) is 7.81. The maximum Gasteiger partial charge on any atom is 0.306 e. The van der Waals surface area contributed by atoms with E-state index in [1.165, 1.54) is 109 Å². The Hall–Kier alpha value is -3.07. The highest BCUT2D eigenvalue weighted by Gasteiger charge is 2.21. The lowest BCUT2D eigenvalue weighted by Crippen LogP contribution is -2.37. The van der Waals surface area contributed by atoms with Crippen molar-refractivity contribution in [2.75, 3.05) is 47.5 Å². The summed E-state index contributed by atoms with van der Waals surface area (Å²) in [5.74, 6) is -0.846. The van der Waals surface area contributed by atoms with Gasteiger partial charge in [0.1, 0.15) is 19.8 Å². The first-order chi connectivity index (χ1) is 35.5. The third-order valence-electron chi connectivity index (χ3n) is 12.3. The quantitative estimate of drug-likeness (QED) is 0.0195. The number of carbonyl (C=O) groups is 2. The van der Waals surface area contributed by atoms with Gasteiger partial charge in [-0.15, -0.1) is 0 Å². The Morgan fingerprint density at radius 1 is 0.438 bits per heavy atom. The Morgan fingerprint density at radius 2 is 0.781 bits per heavy atom. The van der Waals surface area contributed by atoms with Gasteiger partial charge in [-0.1, -0.05) is 227 Å². The van der Waals surface area contributed by atoms with E-state index < -0.39 is 32.5 Å². The summed E-state index contributed by atoms with van der Waals surface area (Å²) in [6.07, 6.45) is 73.0. The number of nitrogens with zero attached hydrogens (tertiary/aromatic N) is 1. The number of quaternary nitrogens is 1. The van der Waals surface area contributed by atoms with E-state index >= 15 is 0 Å². The fourth-order valence-corrected chi connectivity index (χ4v) is 8.54. The molecular weight excluding hydrogens is 930 g/mol. The number of hydrogen-bond acceptors (Lipinski definition) is 8. The SMILES string of the molecule is CC/C=C\C/C=C\C/C=C\C/C=C\C/C=C\C/C=C\CCCCCCCCCCCCCCC(=O)OC(COC(=O)CCCCCCCCC/C=C\C/C=C\CCCCCC)COP(=O)([O-])OCC[N+](C)(C)C. The minimum absolute atomic E-state index is 0.0364. The largest absolute Gasteiger partial charge is 0.756 e. The predicted octanol–water partition coefficient (Wildman–Crippen LogP) is 17.8. The van der Waals surface area contributed by atoms with E-state index in [1.54, 1.807) is 0 Å². The summed E-state index contributed by atoms with van der Waals surface area (Å²) >= 11 is 0. The van der Waals surface area contributed by atoms with Crippen LogP contribution in [0.3, 0.4) is 0 Å². The lowest BCUT2D eigenvalue weighted by molar-refractivity contribution is -0.870. The maximum absolute atomic E-state index is 12.8. The van der Waals surface area contributed by atoms with Gasteiger partial charge in [-0.25, -0.2) is 0 Å². The number of esters is 2. The van der Waals surface area contributed by atoms with E-state index in [2.05, 4.69) is 111 Å². The van der Waals surface area contributed by atoms with Crippen molar-refractivity contribution >= 4 is 19.8 Å². The Balaban J connectivity index is 4.16. The molecule has 0 rings (SSSR count). The van der Waals surface area contributed by atoms with E-state index in [-0.39, 0.29) is 26.1 Å². The van der Waals surface area contributed by atoms with Crippen LogP contribution in [0, 0.1) is 0 Å². The van der Waals surface area contributed by atoms with Gasteiger partial charge in [0.05, 0.1) is 27.7 Å². The molecule has 9 nitrogen and oxygen atoms in total. The molecule has 420 valence electrons. The van der Waals surface area contributed by atoms with Crippen LogP contribution in [0.4, 0.5) is 0 Å². The van der Waals surface area contributed by atoms with Crippen molar-refractivity contribution in [1.29, 1.82) is 0 Å². The standard InChI is InChI=1S/C63H110NO8P/c1-6-8-10-12-14-16-18-20-22-24-26-27-28-29-30-31-32-33-34-35-36-37-38-40-42-44-46-48-50-52-54-56-63(66)72-61(60-71-73(67,68)70-58-57-64(3,4)5)59-69-62(65)55-53-51-49-47-45-43-41-39-25-23-21-19-17-15-13-11-9-7-2/h8,10,14,16-17,19-20,22-23,25-27,29-30,32-33,61H,6-7,9,11-13,15,18,21,24,28,31,34-60H2,1-5H3/b10-8-,16-14-,19-17-,22-20-,25-23-,27-26-,30-29-,33-32-. The van der Waals surface area contributed by atoms with Crippen LogP contribution in [0.5, 0.6) is 0 Å². The second-order valence-electron chi connectivity index (χ2n) is 20.6. The van der Waals surface area contributed by atoms with Crippen molar-refractivity contribution < 1.29 is 42.1 Å². The number of rotatable bonds is 53. The van der Waals surface area contributed by atoms with E-state index in [1.807, 2.05) is 21.1 Å². The number of carbonyl (C=O) groups excluding carboxylic acids is 2. The molecule has 0 aromatic carbocycles. The average molecular weight is 1040 g/mol. The Morgan fingerprint density at radius 3 is 1.16 bits per heavy atom. The molecule has 0 aliphatic rings. The average Bonchev–Trinajstić information content (AvgIpc) is 3.35. The molecule has 0 bridgehead atoms. The van der Waals surface area contributed by atoms with E-state index in [4.69, 9.17) is 18.5 Å². The summed E-state index contributed by atoms with van der Waals surface area (Å²) in [5, 5.41) is 0. The van der Waals surface area contributed by atoms with Crippen molar-refractivity contribution in [3.63, 3.8) is 0 Å². The first-order valence-electron chi connectivity index (χ1n) is 29.4. The number of phosphoric ester groups is 1. The molecule has 0 aliphatic carbocycles. The zero-order valence-electron chi connectivity index (χ0n) is 47.6. The highest BCUT2D eigenvalue weighted by molar-refractivity contribution is 7.45. The zero-order chi connectivity index (χ0) is 53.5. The third kappa shape index (κ3) is 58.1. The molecule has 0 radical (unpaired) electrons. The number of hydrogen-bond donors (Lipinski definition) is 0. The fraction of sp³-hybridized carbons (Fsp3) is 0.714. The predicted molar refractivity (Wildman–Crippen MR) is 309 cm³/mol. The molecule has 0 heterocycles. The lowest BCUT2D eigenvalue weighted by Gasteiger charge is -2.28. The summed E-state index contributed by atoms with van der Waals surface area (Å²) in [7, 11) is 1.15. The molecule has 0 aromatic rings. The summed E-state index contributed by atoms with van der Waals surface area (Å²) < 4.78 is 34.2. The van der Waals surface area contributed by atoms with Crippen molar-refractivity contribution in [2.45, 2.75) is 245 Å². The van der Waals surface area contributed by atoms with Gasteiger partial charge >= 0.3 is 11.9 Å². The highest BCUT2D eigenvalue weighted by Crippen LogP contribution is 2.38. The van der Waals surface area contributed by atoms with Crippen molar-refractivity contribution in [3.05, 3.63) is 97.2 Å². The van der Waals surface area contributed by atoms with Gasteiger partial charge in [0.2, 0.25) is 0 Å². The van der Waals surface area contributed by atoms with Crippen LogP contribution in [0.1, 0.15) is 239 Å². The topological polar surface area (TPSA) is 111 Å². The molecule has 0 spiro atoms. The summed E-state index contributed by atoms with van der Waals surface area (Å²) in [6, 6.07) is 0. The van der Waals surface area contributed by atoms with Crippen LogP contribution in [0.25, 0.3) is 0 Å². The Labute approximate surface area is 449 Å². The van der Waals surface area contributed by atoms with Crippen LogP contribution in [0.15, 0.2) is 97.2 Å². The van der Waals surface area contributed by atoms with E-state index in [0.717, 1.165) is 96.3 Å². The smallest absolute Gasteiger partial charge is 0.306 e. The molecule has 2 atom stereocenters. The molecule has 2 unspecified atom stereocenters. The van der Waals surface area contributed by atoms with Gasteiger partial charge in [-0.2, -0.15) is 0 Å². The van der Waals surface area contributed by atoms with Crippen LogP contribution in [-0.4, -0.2) is 70.0 Å². The number of ether oxygens (including phenoxy) is 2. The second kappa shape index (κ2) is 53.7. The Bertz CT molecular complexity index is 1550. The van der Waals surface area contributed by atoms with Gasteiger partial charge in [0, 0.05) is 12.8 Å². The number of allylic oxidation sites excluding steroid dienone is 16. The van der Waals surface area contributed by atoms with Gasteiger partial charge in [-0.05, 0) is 96.3 Å². The first kappa shape index (κ1) is 69.9. The normalized spacial score (nSPS) is 14.0. The van der Waals surface area contributed by atoms with Crippen molar-refractivity contribution in [1.82, 2.24) is 0 Å². The first-order valence-corrected chi connectivity index (χ1v) is 30.9. The number of likely N-dealkylation sites (N-methyl/N-ethyl adjacent to an activating group) is 1. The van der Waals surface area contributed by atoms with Gasteiger partial charge in [-0.3, -0.25) is 14.2 Å². The molecule has 0 amide bonds. The second-order valence-corrected chi connectivity index (χ2v) is 22.0. The number of phosphoric acid groups is 1. The number of unbranched alkanes of at least 4 members (excludes halogenated alkanes) is 23. The molecule has 0 saturated carbocycles. The monoisotopic (exact) mass is 1040 g/mol. The highest BCUT2D eigenvalue weighted by atomic mass is 31.2. The molecule has 0 saturated heterocycles. The minimum atomic E-state index is -4.64. The van der Waals surface area contributed by atoms with Crippen LogP contribution >= 0.6 is 7.82 Å². The van der Waals surface area contributed by atoms with E-state index in [0.29, 0.717) is 17.4 Å². The maximum atomic E-state index is 12.8. The van der Waals surface area contributed by atoms with Gasteiger partial charge in [0.25, 0.3) is 7.82 Å². The molecule has 10 heteroatoms. The Kier molecular flexibility index (Phi) is 51.5. The zero-order valence-corrected chi connectivity index (χ0v) is 48.4. The van der Waals surface area contributed by atoms with Gasteiger partial charge < -0.3 is 27.9 Å². The summed E-state index contributed by atoms with van der Waals surface area (Å²) in [6.45, 7) is 4.10. The molecule has 0 N–H and O–H groups in total. The van der Waals surface area contributed by atoms with Gasteiger partial charge in [0.15, 0.2) is 6.10 Å². The van der Waals surface area contributed by atoms with Crippen molar-refractivity contribution in [2.24, 2.45) is 0 Å². The molecule has 0 fully saturated rings. The summed E-state index contributed by atoms with van der Waals surface area (Å²) in [4.78, 5) is 37.9. The summed E-state index contributed by atoms with van der Waals surface area (Å²) in [5.41, 5.74) is 0. The minimum Gasteiger partial charge on any atom is -0.756 e. The van der Waals surface area contributed by atoms with E-state index in [9.17, 15) is 19.0 Å². The third-order valence-corrected chi connectivity index (χ3v) is 13.3.